The molecule has 0 spiro atoms. The van der Waals surface area contributed by atoms with E-state index < -0.39 is 5.97 Å². The molecule has 3 nitrogen and oxygen atoms in total. The van der Waals surface area contributed by atoms with Gasteiger partial charge in [0.15, 0.2) is 0 Å². The lowest BCUT2D eigenvalue weighted by atomic mass is 9.70. The number of phenolic OH excluding ortho intramolecular Hbond substituents is 1. The third-order valence-electron chi connectivity index (χ3n) is 6.09. The molecule has 0 heterocycles. The maximum atomic E-state index is 12.3. The first-order valence-electron chi connectivity index (χ1n) is 7.35. The first-order chi connectivity index (χ1) is 9.36. The SMILES string of the molecule is CC1(C)[C@H]2CC[C@@]1(C)[C@H](OC(=O)c1ccccc1O)C2. The van der Waals surface area contributed by atoms with Crippen molar-refractivity contribution < 1.29 is 14.6 Å². The summed E-state index contributed by atoms with van der Waals surface area (Å²) in [6.07, 6.45) is 3.25. The molecule has 3 heteroatoms. The lowest BCUT2D eigenvalue weighted by Crippen LogP contribution is -2.38. The number of rotatable bonds is 2. The highest BCUT2D eigenvalue weighted by molar-refractivity contribution is 5.92. The highest BCUT2D eigenvalue weighted by Gasteiger charge is 2.62. The first-order valence-corrected chi connectivity index (χ1v) is 7.35. The summed E-state index contributed by atoms with van der Waals surface area (Å²) in [7, 11) is 0. The Bertz CT molecular complexity index is 549. The van der Waals surface area contributed by atoms with E-state index in [1.807, 2.05) is 0 Å². The molecule has 2 saturated carbocycles. The summed E-state index contributed by atoms with van der Waals surface area (Å²) in [6.45, 7) is 6.82. The van der Waals surface area contributed by atoms with Crippen molar-refractivity contribution in [1.29, 1.82) is 0 Å². The van der Waals surface area contributed by atoms with Crippen LogP contribution < -0.4 is 0 Å². The molecule has 0 aromatic heterocycles. The van der Waals surface area contributed by atoms with Crippen molar-refractivity contribution in [3.8, 4) is 5.75 Å². The van der Waals surface area contributed by atoms with Crippen LogP contribution in [0.2, 0.25) is 0 Å². The van der Waals surface area contributed by atoms with Crippen molar-refractivity contribution in [2.45, 2.75) is 46.1 Å². The van der Waals surface area contributed by atoms with Crippen molar-refractivity contribution in [1.82, 2.24) is 0 Å². The number of aromatic hydroxyl groups is 1. The van der Waals surface area contributed by atoms with E-state index in [4.69, 9.17) is 4.74 Å². The summed E-state index contributed by atoms with van der Waals surface area (Å²) in [4.78, 5) is 12.3. The molecule has 0 unspecified atom stereocenters. The topological polar surface area (TPSA) is 46.5 Å². The fourth-order valence-corrected chi connectivity index (χ4v) is 4.15. The second-order valence-electron chi connectivity index (χ2n) is 7.02. The molecule has 0 saturated heterocycles. The monoisotopic (exact) mass is 274 g/mol. The van der Waals surface area contributed by atoms with E-state index >= 15 is 0 Å². The van der Waals surface area contributed by atoms with Gasteiger partial charge in [-0.15, -0.1) is 0 Å². The molecular weight excluding hydrogens is 252 g/mol. The van der Waals surface area contributed by atoms with Crippen LogP contribution in [0.25, 0.3) is 0 Å². The third kappa shape index (κ3) is 1.68. The number of ether oxygens (including phenoxy) is 1. The predicted octanol–water partition coefficient (Wildman–Crippen LogP) is 3.76. The molecule has 108 valence electrons. The fourth-order valence-electron chi connectivity index (χ4n) is 4.15. The molecule has 1 aromatic rings. The zero-order valence-corrected chi connectivity index (χ0v) is 12.3. The van der Waals surface area contributed by atoms with Gasteiger partial charge in [-0.25, -0.2) is 4.79 Å². The van der Waals surface area contributed by atoms with Gasteiger partial charge in [0.05, 0.1) is 0 Å². The Morgan fingerprint density at radius 3 is 2.55 bits per heavy atom. The Hall–Kier alpha value is -1.51. The van der Waals surface area contributed by atoms with E-state index in [0.29, 0.717) is 5.92 Å². The van der Waals surface area contributed by atoms with Crippen molar-refractivity contribution in [3.05, 3.63) is 29.8 Å². The van der Waals surface area contributed by atoms with Gasteiger partial charge in [-0.3, -0.25) is 0 Å². The predicted molar refractivity (Wildman–Crippen MR) is 76.5 cm³/mol. The van der Waals surface area contributed by atoms with Crippen molar-refractivity contribution in [2.75, 3.05) is 0 Å². The van der Waals surface area contributed by atoms with Gasteiger partial charge < -0.3 is 9.84 Å². The second-order valence-corrected chi connectivity index (χ2v) is 7.02. The normalized spacial score (nSPS) is 34.1. The maximum absolute atomic E-state index is 12.3. The summed E-state index contributed by atoms with van der Waals surface area (Å²) in [6, 6.07) is 6.57. The van der Waals surface area contributed by atoms with Gasteiger partial charge in [0.2, 0.25) is 0 Å². The zero-order chi connectivity index (χ0) is 14.5. The Morgan fingerprint density at radius 1 is 1.30 bits per heavy atom. The number of esters is 1. The number of fused-ring (bicyclic) bond motifs is 2. The van der Waals surface area contributed by atoms with Gasteiger partial charge in [0.25, 0.3) is 0 Å². The molecule has 2 fully saturated rings. The standard InChI is InChI=1S/C17H22O3/c1-16(2)11-8-9-17(16,3)14(10-11)20-15(19)12-6-4-5-7-13(12)18/h4-7,11,14,18H,8-10H2,1-3H3/t11-,14+,17-/m0/s1. The molecule has 3 rings (SSSR count). The molecule has 1 N–H and O–H groups in total. The van der Waals surface area contributed by atoms with Crippen LogP contribution in [0.3, 0.4) is 0 Å². The molecule has 1 aromatic carbocycles. The van der Waals surface area contributed by atoms with Crippen LogP contribution in [-0.2, 0) is 4.74 Å². The number of benzene rings is 1. The van der Waals surface area contributed by atoms with Gasteiger partial charge >= 0.3 is 5.97 Å². The van der Waals surface area contributed by atoms with E-state index in [1.165, 1.54) is 12.5 Å². The quantitative estimate of drug-likeness (QED) is 0.835. The van der Waals surface area contributed by atoms with Crippen molar-refractivity contribution in [2.24, 2.45) is 16.7 Å². The van der Waals surface area contributed by atoms with E-state index in [1.54, 1.807) is 18.2 Å². The highest BCUT2D eigenvalue weighted by atomic mass is 16.5. The second kappa shape index (κ2) is 4.24. The molecule has 3 atom stereocenters. The van der Waals surface area contributed by atoms with Gasteiger partial charge in [-0.1, -0.05) is 32.9 Å². The van der Waals surface area contributed by atoms with Crippen molar-refractivity contribution in [3.63, 3.8) is 0 Å². The molecule has 0 aliphatic heterocycles. The van der Waals surface area contributed by atoms with E-state index in [9.17, 15) is 9.90 Å². The van der Waals surface area contributed by atoms with E-state index in [0.717, 1.165) is 12.8 Å². The Kier molecular flexibility index (Phi) is 2.86. The Morgan fingerprint density at radius 2 is 2.00 bits per heavy atom. The number of carbonyl (C=O) groups is 1. The third-order valence-corrected chi connectivity index (χ3v) is 6.09. The number of carbonyl (C=O) groups excluding carboxylic acids is 1. The van der Waals surface area contributed by atoms with Crippen LogP contribution in [0.5, 0.6) is 5.75 Å². The van der Waals surface area contributed by atoms with Crippen LogP contribution in [0.1, 0.15) is 50.4 Å². The van der Waals surface area contributed by atoms with E-state index in [2.05, 4.69) is 20.8 Å². The average molecular weight is 274 g/mol. The summed E-state index contributed by atoms with van der Waals surface area (Å²) in [5, 5.41) is 9.75. The minimum Gasteiger partial charge on any atom is -0.507 e. The number of para-hydroxylation sites is 1. The summed E-state index contributed by atoms with van der Waals surface area (Å²) < 4.78 is 5.75. The molecule has 2 bridgehead atoms. The zero-order valence-electron chi connectivity index (χ0n) is 12.3. The number of phenols is 1. The highest BCUT2D eigenvalue weighted by Crippen LogP contribution is 2.66. The number of hydrogen-bond donors (Lipinski definition) is 1. The largest absolute Gasteiger partial charge is 0.507 e. The molecule has 0 amide bonds. The fraction of sp³-hybridized carbons (Fsp3) is 0.588. The molecule has 2 aliphatic carbocycles. The van der Waals surface area contributed by atoms with Crippen LogP contribution in [0, 0.1) is 16.7 Å². The molecule has 2 aliphatic rings. The summed E-state index contributed by atoms with van der Waals surface area (Å²) >= 11 is 0. The molecule has 20 heavy (non-hydrogen) atoms. The van der Waals surface area contributed by atoms with E-state index in [-0.39, 0.29) is 28.2 Å². The molecular formula is C17H22O3. The van der Waals surface area contributed by atoms with Gasteiger partial charge in [-0.2, -0.15) is 0 Å². The van der Waals surface area contributed by atoms with Crippen LogP contribution >= 0.6 is 0 Å². The smallest absolute Gasteiger partial charge is 0.342 e. The van der Waals surface area contributed by atoms with Crippen LogP contribution in [0.15, 0.2) is 24.3 Å². The summed E-state index contributed by atoms with van der Waals surface area (Å²) in [5.41, 5.74) is 0.533. The lowest BCUT2D eigenvalue weighted by molar-refractivity contribution is -0.0244. The minimum absolute atomic E-state index is 0.00919. The average Bonchev–Trinajstić information content (AvgIpc) is 2.72. The van der Waals surface area contributed by atoms with Gasteiger partial charge in [0.1, 0.15) is 17.4 Å². The van der Waals surface area contributed by atoms with Gasteiger partial charge in [0, 0.05) is 5.41 Å². The van der Waals surface area contributed by atoms with Gasteiger partial charge in [-0.05, 0) is 42.7 Å². The Balaban J connectivity index is 1.81. The van der Waals surface area contributed by atoms with Crippen molar-refractivity contribution >= 4 is 5.97 Å². The first kappa shape index (κ1) is 13.5. The van der Waals surface area contributed by atoms with Crippen LogP contribution in [-0.4, -0.2) is 17.2 Å². The molecule has 0 radical (unpaired) electrons. The minimum atomic E-state index is -0.405. The lowest BCUT2D eigenvalue weighted by Gasteiger charge is -2.38. The maximum Gasteiger partial charge on any atom is 0.342 e. The number of hydrogen-bond acceptors (Lipinski definition) is 3. The van der Waals surface area contributed by atoms with Crippen LogP contribution in [0.4, 0.5) is 0 Å². The summed E-state index contributed by atoms with van der Waals surface area (Å²) in [5.74, 6) is 0.220. The Labute approximate surface area is 120 Å².